The standard InChI is InChI=1S/C24H32N6O2/c31-23-8-11-29(24(32)27-23)21-2-1-3-22-20(21)14-25-30(22)19-6-9-28(10-7-19)15-16-12-17-4-5-18(13-16)26-17/h1-3,14,16-19,26H,4-13,15H2,(H,27,31,32). The molecule has 2 bridgehead atoms. The number of likely N-dealkylation sites (tertiary alicyclic amines) is 1. The lowest BCUT2D eigenvalue weighted by Crippen LogP contribution is -2.49. The van der Waals surface area contributed by atoms with Crippen molar-refractivity contribution in [3.8, 4) is 0 Å². The molecule has 4 saturated heterocycles. The van der Waals surface area contributed by atoms with E-state index in [1.807, 2.05) is 18.3 Å². The summed E-state index contributed by atoms with van der Waals surface area (Å²) in [5, 5.41) is 11.9. The number of hydrogen-bond acceptors (Lipinski definition) is 5. The molecule has 5 heterocycles. The van der Waals surface area contributed by atoms with E-state index in [9.17, 15) is 9.59 Å². The van der Waals surface area contributed by atoms with Crippen LogP contribution in [0.3, 0.4) is 0 Å². The van der Waals surface area contributed by atoms with Crippen LogP contribution in [0, 0.1) is 5.92 Å². The topological polar surface area (TPSA) is 82.5 Å². The lowest BCUT2D eigenvalue weighted by molar-refractivity contribution is -0.120. The van der Waals surface area contributed by atoms with Gasteiger partial charge in [0.05, 0.1) is 23.4 Å². The Labute approximate surface area is 188 Å². The van der Waals surface area contributed by atoms with Gasteiger partial charge in [-0.1, -0.05) is 6.07 Å². The molecule has 1 aromatic carbocycles. The number of carbonyl (C=O) groups is 2. The third-order valence-electron chi connectivity index (χ3n) is 7.95. The summed E-state index contributed by atoms with van der Waals surface area (Å²) in [7, 11) is 0. The van der Waals surface area contributed by atoms with E-state index in [4.69, 9.17) is 5.10 Å². The second-order valence-electron chi connectivity index (χ2n) is 10.1. The van der Waals surface area contributed by atoms with Crippen LogP contribution in [0.25, 0.3) is 10.9 Å². The fourth-order valence-corrected chi connectivity index (χ4v) is 6.41. The lowest BCUT2D eigenvalue weighted by atomic mass is 9.91. The number of carbonyl (C=O) groups excluding carboxylic acids is 2. The fraction of sp³-hybridized carbons (Fsp3) is 0.625. The van der Waals surface area contributed by atoms with Gasteiger partial charge in [0.15, 0.2) is 0 Å². The summed E-state index contributed by atoms with van der Waals surface area (Å²) >= 11 is 0. The highest BCUT2D eigenvalue weighted by Crippen LogP contribution is 2.34. The molecule has 2 atom stereocenters. The molecule has 0 spiro atoms. The molecule has 4 aliphatic heterocycles. The largest absolute Gasteiger partial charge is 0.328 e. The number of fused-ring (bicyclic) bond motifs is 3. The highest BCUT2D eigenvalue weighted by molar-refractivity contribution is 6.09. The zero-order valence-electron chi connectivity index (χ0n) is 18.5. The molecule has 0 radical (unpaired) electrons. The normalized spacial score (nSPS) is 29.6. The first-order valence-corrected chi connectivity index (χ1v) is 12.2. The minimum atomic E-state index is -0.346. The summed E-state index contributed by atoms with van der Waals surface area (Å²) in [6.07, 6.45) is 9.85. The molecule has 2 unspecified atom stereocenters. The zero-order valence-corrected chi connectivity index (χ0v) is 18.5. The Morgan fingerprint density at radius 2 is 1.78 bits per heavy atom. The van der Waals surface area contributed by atoms with Gasteiger partial charge >= 0.3 is 6.03 Å². The van der Waals surface area contributed by atoms with Crippen molar-refractivity contribution in [3.05, 3.63) is 24.4 Å². The van der Waals surface area contributed by atoms with E-state index in [2.05, 4.69) is 26.3 Å². The molecule has 170 valence electrons. The van der Waals surface area contributed by atoms with E-state index in [1.165, 1.54) is 32.2 Å². The Hall–Kier alpha value is -2.45. The average Bonchev–Trinajstić information content (AvgIpc) is 3.37. The zero-order chi connectivity index (χ0) is 21.7. The second kappa shape index (κ2) is 8.15. The van der Waals surface area contributed by atoms with Crippen LogP contribution in [0.5, 0.6) is 0 Å². The first-order chi connectivity index (χ1) is 15.6. The summed E-state index contributed by atoms with van der Waals surface area (Å²) < 4.78 is 2.16. The molecule has 2 N–H and O–H groups in total. The maximum atomic E-state index is 12.4. The number of nitrogens with zero attached hydrogens (tertiary/aromatic N) is 4. The fourth-order valence-electron chi connectivity index (χ4n) is 6.41. The Bertz CT molecular complexity index is 1010. The maximum absolute atomic E-state index is 12.4. The minimum absolute atomic E-state index is 0.210. The summed E-state index contributed by atoms with van der Waals surface area (Å²) in [6.45, 7) is 3.91. The highest BCUT2D eigenvalue weighted by Gasteiger charge is 2.35. The number of rotatable bonds is 4. The summed E-state index contributed by atoms with van der Waals surface area (Å²) in [4.78, 5) is 28.2. The number of benzene rings is 1. The Morgan fingerprint density at radius 3 is 2.53 bits per heavy atom. The van der Waals surface area contributed by atoms with E-state index in [0.29, 0.717) is 19.0 Å². The molecule has 4 aliphatic rings. The number of nitrogens with one attached hydrogen (secondary N) is 2. The van der Waals surface area contributed by atoms with Crippen LogP contribution in [0.15, 0.2) is 24.4 Å². The summed E-state index contributed by atoms with van der Waals surface area (Å²) in [5.74, 6) is 0.638. The average molecular weight is 437 g/mol. The smallest absolute Gasteiger partial charge is 0.311 e. The van der Waals surface area contributed by atoms with Crippen molar-refractivity contribution >= 4 is 28.5 Å². The molecule has 8 nitrogen and oxygen atoms in total. The molecule has 4 fully saturated rings. The molecule has 0 saturated carbocycles. The summed E-state index contributed by atoms with van der Waals surface area (Å²) in [5.41, 5.74) is 1.90. The number of aromatic nitrogens is 2. The Balaban J connectivity index is 1.13. The van der Waals surface area contributed by atoms with Crippen LogP contribution in [-0.4, -0.2) is 64.9 Å². The number of imide groups is 1. The van der Waals surface area contributed by atoms with Gasteiger partial charge in [0.1, 0.15) is 0 Å². The second-order valence-corrected chi connectivity index (χ2v) is 10.1. The number of amides is 3. The van der Waals surface area contributed by atoms with Crippen molar-refractivity contribution in [2.45, 2.75) is 63.1 Å². The van der Waals surface area contributed by atoms with Gasteiger partial charge in [-0.15, -0.1) is 0 Å². The molecule has 32 heavy (non-hydrogen) atoms. The van der Waals surface area contributed by atoms with Gasteiger partial charge in [-0.05, 0) is 56.6 Å². The first-order valence-electron chi connectivity index (χ1n) is 12.2. The van der Waals surface area contributed by atoms with Crippen LogP contribution in [0.2, 0.25) is 0 Å². The molecule has 3 amide bonds. The SMILES string of the molecule is O=C1CCN(c2cccc3c2cnn3C2CCN(CC3CC4CCC(C3)N4)CC2)C(=O)N1. The van der Waals surface area contributed by atoms with Gasteiger partial charge in [-0.25, -0.2) is 4.79 Å². The molecule has 1 aromatic heterocycles. The lowest BCUT2D eigenvalue weighted by Gasteiger charge is -2.37. The van der Waals surface area contributed by atoms with E-state index < -0.39 is 0 Å². The van der Waals surface area contributed by atoms with Crippen LogP contribution in [-0.2, 0) is 4.79 Å². The molecule has 2 aromatic rings. The number of urea groups is 1. The third-order valence-corrected chi connectivity index (χ3v) is 7.95. The van der Waals surface area contributed by atoms with Gasteiger partial charge in [-0.3, -0.25) is 19.7 Å². The quantitative estimate of drug-likeness (QED) is 0.770. The van der Waals surface area contributed by atoms with Crippen molar-refractivity contribution in [1.29, 1.82) is 0 Å². The van der Waals surface area contributed by atoms with Crippen molar-refractivity contribution in [2.24, 2.45) is 5.92 Å². The van der Waals surface area contributed by atoms with Crippen molar-refractivity contribution < 1.29 is 9.59 Å². The highest BCUT2D eigenvalue weighted by atomic mass is 16.2. The summed E-state index contributed by atoms with van der Waals surface area (Å²) in [6, 6.07) is 7.59. The van der Waals surface area contributed by atoms with E-state index in [-0.39, 0.29) is 11.9 Å². The van der Waals surface area contributed by atoms with Crippen LogP contribution in [0.1, 0.15) is 51.0 Å². The molecule has 0 aliphatic carbocycles. The van der Waals surface area contributed by atoms with Gasteiger partial charge in [0, 0.05) is 50.1 Å². The molecular weight excluding hydrogens is 404 g/mol. The predicted octanol–water partition coefficient (Wildman–Crippen LogP) is 2.65. The van der Waals surface area contributed by atoms with Gasteiger partial charge in [0.25, 0.3) is 0 Å². The van der Waals surface area contributed by atoms with Gasteiger partial charge in [-0.2, -0.15) is 5.10 Å². The molecular formula is C24H32N6O2. The maximum Gasteiger partial charge on any atom is 0.328 e. The van der Waals surface area contributed by atoms with Gasteiger partial charge < -0.3 is 10.2 Å². The minimum Gasteiger partial charge on any atom is -0.311 e. The van der Waals surface area contributed by atoms with Crippen molar-refractivity contribution in [2.75, 3.05) is 31.1 Å². The van der Waals surface area contributed by atoms with Gasteiger partial charge in [0.2, 0.25) is 5.91 Å². The number of hydrogen-bond donors (Lipinski definition) is 2. The van der Waals surface area contributed by atoms with E-state index in [0.717, 1.165) is 60.5 Å². The monoisotopic (exact) mass is 436 g/mol. The number of anilines is 1. The molecule has 8 heteroatoms. The van der Waals surface area contributed by atoms with Crippen LogP contribution < -0.4 is 15.5 Å². The first kappa shape index (κ1) is 20.2. The van der Waals surface area contributed by atoms with Crippen LogP contribution in [0.4, 0.5) is 10.5 Å². The van der Waals surface area contributed by atoms with Crippen molar-refractivity contribution in [3.63, 3.8) is 0 Å². The molecule has 6 rings (SSSR count). The van der Waals surface area contributed by atoms with Crippen molar-refractivity contribution in [1.82, 2.24) is 25.3 Å². The third kappa shape index (κ3) is 3.69. The Morgan fingerprint density at radius 1 is 1.00 bits per heavy atom. The van der Waals surface area contributed by atoms with E-state index in [1.54, 1.807) is 4.90 Å². The predicted molar refractivity (Wildman–Crippen MR) is 123 cm³/mol. The van der Waals surface area contributed by atoms with Crippen LogP contribution >= 0.6 is 0 Å². The Kier molecular flexibility index (Phi) is 5.14. The number of piperidine rings is 2. The van der Waals surface area contributed by atoms with E-state index >= 15 is 0 Å².